The Bertz CT molecular complexity index is 621. The fourth-order valence-electron chi connectivity index (χ4n) is 2.52. The van der Waals surface area contributed by atoms with E-state index in [1.807, 2.05) is 0 Å². The Morgan fingerprint density at radius 2 is 1.78 bits per heavy atom. The van der Waals surface area contributed by atoms with Gasteiger partial charge in [-0.15, -0.1) is 0 Å². The number of aryl methyl sites for hydroxylation is 1. The average Bonchev–Trinajstić information content (AvgIpc) is 2.71. The lowest BCUT2D eigenvalue weighted by Gasteiger charge is -2.12. The molecule has 0 radical (unpaired) electrons. The normalized spacial score (nSPS) is 16.9. The van der Waals surface area contributed by atoms with E-state index in [9.17, 15) is 0 Å². The van der Waals surface area contributed by atoms with Crippen molar-refractivity contribution in [1.29, 1.82) is 0 Å². The van der Waals surface area contributed by atoms with E-state index < -0.39 is 0 Å². The highest BCUT2D eigenvalue weighted by atomic mass is 79.9. The van der Waals surface area contributed by atoms with E-state index in [4.69, 9.17) is 0 Å². The first kappa shape index (κ1) is 11.7. The topological polar surface area (TPSA) is 0 Å². The summed E-state index contributed by atoms with van der Waals surface area (Å²) < 4.78 is 1.16. The molecular weight excluding hydrogens is 284 g/mol. The monoisotopic (exact) mass is 298 g/mol. The minimum Gasteiger partial charge on any atom is -0.0766 e. The van der Waals surface area contributed by atoms with Gasteiger partial charge in [0.15, 0.2) is 0 Å². The van der Waals surface area contributed by atoms with Crippen LogP contribution in [0.1, 0.15) is 29.5 Å². The Kier molecular flexibility index (Phi) is 2.87. The van der Waals surface area contributed by atoms with Gasteiger partial charge < -0.3 is 0 Å². The molecule has 1 atom stereocenters. The minimum atomic E-state index is 0.515. The van der Waals surface area contributed by atoms with Gasteiger partial charge in [0.25, 0.3) is 0 Å². The van der Waals surface area contributed by atoms with Crippen molar-refractivity contribution in [3.8, 4) is 11.1 Å². The summed E-state index contributed by atoms with van der Waals surface area (Å²) in [6.07, 6.45) is 4.52. The van der Waals surface area contributed by atoms with Gasteiger partial charge in [0, 0.05) is 4.47 Å². The zero-order valence-corrected chi connectivity index (χ0v) is 12.2. The minimum absolute atomic E-state index is 0.515. The summed E-state index contributed by atoms with van der Waals surface area (Å²) in [6, 6.07) is 13.2. The number of allylic oxidation sites excluding steroid dienone is 1. The van der Waals surface area contributed by atoms with Crippen LogP contribution in [0.3, 0.4) is 0 Å². The van der Waals surface area contributed by atoms with Gasteiger partial charge in [0.05, 0.1) is 0 Å². The largest absolute Gasteiger partial charge is 0.0766 e. The predicted molar refractivity (Wildman–Crippen MR) is 81.8 cm³/mol. The van der Waals surface area contributed by atoms with Crippen LogP contribution < -0.4 is 0 Å². The molecule has 0 aromatic heterocycles. The Hall–Kier alpha value is -1.34. The van der Waals surface area contributed by atoms with Crippen molar-refractivity contribution in [2.24, 2.45) is 0 Å². The lowest BCUT2D eigenvalue weighted by molar-refractivity contribution is 0.989. The van der Waals surface area contributed by atoms with Gasteiger partial charge in [-0.3, -0.25) is 0 Å². The number of benzene rings is 2. The summed E-state index contributed by atoms with van der Waals surface area (Å²) in [5.74, 6) is 0.515. The molecule has 2 aromatic carbocycles. The Morgan fingerprint density at radius 3 is 2.50 bits per heavy atom. The summed E-state index contributed by atoms with van der Waals surface area (Å²) in [4.78, 5) is 0. The molecule has 18 heavy (non-hydrogen) atoms. The molecular formula is C17H15Br. The van der Waals surface area contributed by atoms with Crippen LogP contribution in [-0.2, 0) is 0 Å². The van der Waals surface area contributed by atoms with E-state index in [0.717, 1.165) is 4.47 Å². The van der Waals surface area contributed by atoms with E-state index in [1.54, 1.807) is 0 Å². The lowest BCUT2D eigenvalue weighted by Crippen LogP contribution is -1.91. The van der Waals surface area contributed by atoms with Crippen molar-refractivity contribution in [3.05, 3.63) is 63.6 Å². The molecule has 0 nitrogen and oxygen atoms in total. The molecule has 0 saturated heterocycles. The molecule has 0 saturated carbocycles. The number of rotatable bonds is 1. The van der Waals surface area contributed by atoms with E-state index in [0.29, 0.717) is 5.92 Å². The molecule has 1 unspecified atom stereocenters. The molecule has 0 aliphatic heterocycles. The number of halogens is 1. The van der Waals surface area contributed by atoms with Crippen molar-refractivity contribution in [3.63, 3.8) is 0 Å². The molecule has 1 aliphatic carbocycles. The first-order chi connectivity index (χ1) is 8.65. The van der Waals surface area contributed by atoms with E-state index in [2.05, 4.69) is 78.3 Å². The van der Waals surface area contributed by atoms with Gasteiger partial charge >= 0.3 is 0 Å². The second kappa shape index (κ2) is 4.40. The zero-order valence-electron chi connectivity index (χ0n) is 10.6. The van der Waals surface area contributed by atoms with Crippen LogP contribution in [0.2, 0.25) is 0 Å². The maximum absolute atomic E-state index is 3.63. The third kappa shape index (κ3) is 1.93. The maximum Gasteiger partial charge on any atom is 0.0184 e. The summed E-state index contributed by atoms with van der Waals surface area (Å²) in [5, 5.41) is 0. The summed E-state index contributed by atoms with van der Waals surface area (Å²) in [5.41, 5.74) is 6.70. The van der Waals surface area contributed by atoms with Crippen LogP contribution in [0.15, 0.2) is 46.9 Å². The highest BCUT2D eigenvalue weighted by molar-refractivity contribution is 9.10. The molecule has 0 heterocycles. The quantitative estimate of drug-likeness (QED) is 0.647. The van der Waals surface area contributed by atoms with Crippen molar-refractivity contribution in [1.82, 2.24) is 0 Å². The van der Waals surface area contributed by atoms with Crippen LogP contribution >= 0.6 is 15.9 Å². The molecule has 2 aromatic rings. The molecule has 0 fully saturated rings. The third-order valence-corrected chi connectivity index (χ3v) is 4.04. The molecule has 90 valence electrons. The Labute approximate surface area is 116 Å². The highest BCUT2D eigenvalue weighted by Gasteiger charge is 2.17. The molecule has 3 rings (SSSR count). The van der Waals surface area contributed by atoms with Crippen molar-refractivity contribution in [2.75, 3.05) is 0 Å². The van der Waals surface area contributed by atoms with Gasteiger partial charge in [-0.25, -0.2) is 0 Å². The molecule has 0 amide bonds. The van der Waals surface area contributed by atoms with Gasteiger partial charge in [-0.05, 0) is 47.2 Å². The fraction of sp³-hybridized carbons (Fsp3) is 0.176. The second-order valence-corrected chi connectivity index (χ2v) is 5.89. The molecule has 0 bridgehead atoms. The molecule has 0 N–H and O–H groups in total. The van der Waals surface area contributed by atoms with Crippen molar-refractivity contribution in [2.45, 2.75) is 19.8 Å². The summed E-state index contributed by atoms with van der Waals surface area (Å²) in [7, 11) is 0. The number of fused-ring (bicyclic) bond motifs is 1. The molecule has 0 spiro atoms. The van der Waals surface area contributed by atoms with Gasteiger partial charge in [0.1, 0.15) is 0 Å². The van der Waals surface area contributed by atoms with Crippen molar-refractivity contribution >= 4 is 22.0 Å². The lowest BCUT2D eigenvalue weighted by atomic mass is 9.94. The van der Waals surface area contributed by atoms with Gasteiger partial charge in [0.2, 0.25) is 0 Å². The summed E-state index contributed by atoms with van der Waals surface area (Å²) in [6.45, 7) is 4.37. The first-order valence-electron chi connectivity index (χ1n) is 6.24. The zero-order chi connectivity index (χ0) is 12.7. The summed E-state index contributed by atoms with van der Waals surface area (Å²) >= 11 is 3.63. The fourth-order valence-corrected chi connectivity index (χ4v) is 2.99. The second-order valence-electron chi connectivity index (χ2n) is 4.97. The van der Waals surface area contributed by atoms with Crippen molar-refractivity contribution < 1.29 is 0 Å². The Morgan fingerprint density at radius 1 is 1.06 bits per heavy atom. The van der Waals surface area contributed by atoms with Crippen LogP contribution in [0.4, 0.5) is 0 Å². The van der Waals surface area contributed by atoms with E-state index in [-0.39, 0.29) is 0 Å². The third-order valence-electron chi connectivity index (χ3n) is 3.58. The predicted octanol–water partition coefficient (Wildman–Crippen LogP) is 5.55. The van der Waals surface area contributed by atoms with E-state index in [1.165, 1.54) is 27.8 Å². The number of hydrogen-bond donors (Lipinski definition) is 0. The Balaban J connectivity index is 2.21. The van der Waals surface area contributed by atoms with E-state index >= 15 is 0 Å². The van der Waals surface area contributed by atoms with Crippen LogP contribution in [-0.4, -0.2) is 0 Å². The molecule has 1 heteroatoms. The van der Waals surface area contributed by atoms with Crippen LogP contribution in [0.5, 0.6) is 0 Å². The number of hydrogen-bond acceptors (Lipinski definition) is 0. The standard InChI is InChI=1S/C17H15Br/c1-11-3-6-13(7-4-11)17-10-14(18)9-16-12(2)5-8-15(16)17/h3-10,12H,1-2H3. The highest BCUT2D eigenvalue weighted by Crippen LogP contribution is 2.39. The maximum atomic E-state index is 3.63. The van der Waals surface area contributed by atoms with Crippen LogP contribution in [0.25, 0.3) is 17.2 Å². The first-order valence-corrected chi connectivity index (χ1v) is 7.03. The van der Waals surface area contributed by atoms with Crippen LogP contribution in [0, 0.1) is 6.92 Å². The SMILES string of the molecule is Cc1ccc(-c2cc(Br)cc3c2C=CC3C)cc1. The smallest absolute Gasteiger partial charge is 0.0184 e. The van der Waals surface area contributed by atoms with Gasteiger partial charge in [-0.2, -0.15) is 0 Å². The average molecular weight is 299 g/mol. The van der Waals surface area contributed by atoms with Gasteiger partial charge in [-0.1, -0.05) is 64.8 Å². The molecule has 1 aliphatic rings.